The fourth-order valence-electron chi connectivity index (χ4n) is 3.02. The standard InChI is InChI=1S/C23H23BrN2O5/c1-13-7-18-16(11-30-20(18)8-14(13)2)9-23(29)31-12-22(28)25-10-21(27)26-19-5-4-17(24)6-15(19)3/h4-8,11H,9-10,12H2,1-3H3,(H,25,28)(H,26,27). The van der Waals surface area contributed by atoms with Crippen LogP contribution < -0.4 is 10.6 Å². The van der Waals surface area contributed by atoms with E-state index in [9.17, 15) is 14.4 Å². The highest BCUT2D eigenvalue weighted by Gasteiger charge is 2.14. The van der Waals surface area contributed by atoms with Crippen molar-refractivity contribution in [3.8, 4) is 0 Å². The summed E-state index contributed by atoms with van der Waals surface area (Å²) in [5.74, 6) is -1.48. The van der Waals surface area contributed by atoms with E-state index in [0.29, 0.717) is 16.8 Å². The van der Waals surface area contributed by atoms with Gasteiger partial charge in [-0.3, -0.25) is 14.4 Å². The summed E-state index contributed by atoms with van der Waals surface area (Å²) in [4.78, 5) is 36.1. The number of benzene rings is 2. The Bertz CT molecular complexity index is 1150. The lowest BCUT2D eigenvalue weighted by atomic mass is 10.0. The van der Waals surface area contributed by atoms with Gasteiger partial charge in [0.25, 0.3) is 5.91 Å². The Morgan fingerprint density at radius 3 is 2.48 bits per heavy atom. The lowest BCUT2D eigenvalue weighted by molar-refractivity contribution is -0.147. The van der Waals surface area contributed by atoms with Crippen molar-refractivity contribution < 1.29 is 23.5 Å². The number of fused-ring (bicyclic) bond motifs is 1. The monoisotopic (exact) mass is 486 g/mol. The molecule has 3 rings (SSSR count). The summed E-state index contributed by atoms with van der Waals surface area (Å²) in [6.45, 7) is 5.16. The Hall–Kier alpha value is -3.13. The zero-order chi connectivity index (χ0) is 22.5. The van der Waals surface area contributed by atoms with Gasteiger partial charge in [0, 0.05) is 21.1 Å². The van der Waals surface area contributed by atoms with Crippen molar-refractivity contribution in [1.29, 1.82) is 0 Å². The van der Waals surface area contributed by atoms with Gasteiger partial charge in [-0.2, -0.15) is 0 Å². The van der Waals surface area contributed by atoms with Crippen molar-refractivity contribution in [2.24, 2.45) is 0 Å². The summed E-state index contributed by atoms with van der Waals surface area (Å²) in [5.41, 5.74) is 5.15. The number of carbonyl (C=O) groups is 3. The molecule has 31 heavy (non-hydrogen) atoms. The summed E-state index contributed by atoms with van der Waals surface area (Å²) < 4.78 is 11.4. The van der Waals surface area contributed by atoms with Crippen molar-refractivity contribution in [2.75, 3.05) is 18.5 Å². The van der Waals surface area contributed by atoms with Crippen LogP contribution in [0.5, 0.6) is 0 Å². The summed E-state index contributed by atoms with van der Waals surface area (Å²) >= 11 is 3.36. The molecule has 0 aliphatic rings. The molecule has 0 bridgehead atoms. The Morgan fingerprint density at radius 2 is 1.74 bits per heavy atom. The van der Waals surface area contributed by atoms with Gasteiger partial charge in [0.15, 0.2) is 6.61 Å². The number of halogens is 1. The van der Waals surface area contributed by atoms with Crippen molar-refractivity contribution in [2.45, 2.75) is 27.2 Å². The van der Waals surface area contributed by atoms with E-state index in [0.717, 1.165) is 26.5 Å². The number of amides is 2. The fraction of sp³-hybridized carbons (Fsp3) is 0.261. The number of ether oxygens (including phenoxy) is 1. The maximum Gasteiger partial charge on any atom is 0.310 e. The van der Waals surface area contributed by atoms with Gasteiger partial charge in [-0.25, -0.2) is 0 Å². The van der Waals surface area contributed by atoms with Crippen LogP contribution in [0.15, 0.2) is 45.5 Å². The first-order valence-corrected chi connectivity index (χ1v) is 10.5. The maximum atomic E-state index is 12.1. The SMILES string of the molecule is Cc1cc2occ(CC(=O)OCC(=O)NCC(=O)Nc3ccc(Br)cc3C)c2cc1C. The normalized spacial score (nSPS) is 10.7. The fourth-order valence-corrected chi connectivity index (χ4v) is 3.49. The van der Waals surface area contributed by atoms with Crippen LogP contribution in [0.4, 0.5) is 5.69 Å². The number of esters is 1. The maximum absolute atomic E-state index is 12.1. The first kappa shape index (κ1) is 22.6. The molecule has 2 amide bonds. The molecule has 0 unspecified atom stereocenters. The molecular weight excluding hydrogens is 464 g/mol. The molecule has 0 aliphatic carbocycles. The van der Waals surface area contributed by atoms with E-state index in [1.54, 1.807) is 6.07 Å². The molecule has 3 aromatic rings. The van der Waals surface area contributed by atoms with Crippen molar-refractivity contribution >= 4 is 50.4 Å². The predicted octanol–water partition coefficient (Wildman–Crippen LogP) is 3.96. The molecule has 0 saturated heterocycles. The molecular formula is C23H23BrN2O5. The van der Waals surface area contributed by atoms with Crippen molar-refractivity contribution in [3.05, 3.63) is 63.3 Å². The zero-order valence-electron chi connectivity index (χ0n) is 17.5. The summed E-state index contributed by atoms with van der Waals surface area (Å²) in [6, 6.07) is 9.35. The Kier molecular flexibility index (Phi) is 7.12. The molecule has 0 atom stereocenters. The van der Waals surface area contributed by atoms with Gasteiger partial charge in [-0.05, 0) is 67.8 Å². The summed E-state index contributed by atoms with van der Waals surface area (Å²) in [5, 5.41) is 6.01. The van der Waals surface area contributed by atoms with Crippen LogP contribution in [0.1, 0.15) is 22.3 Å². The van der Waals surface area contributed by atoms with Crippen LogP contribution in [0.25, 0.3) is 11.0 Å². The molecule has 0 radical (unpaired) electrons. The van der Waals surface area contributed by atoms with Gasteiger partial charge in [-0.1, -0.05) is 15.9 Å². The third-order valence-corrected chi connectivity index (χ3v) is 5.37. The first-order valence-electron chi connectivity index (χ1n) is 9.68. The van der Waals surface area contributed by atoms with E-state index in [2.05, 4.69) is 26.6 Å². The Morgan fingerprint density at radius 1 is 1.00 bits per heavy atom. The molecule has 1 aromatic heterocycles. The molecule has 0 aliphatic heterocycles. The number of nitrogens with one attached hydrogen (secondary N) is 2. The largest absolute Gasteiger partial charge is 0.464 e. The molecule has 2 N–H and O–H groups in total. The van der Waals surface area contributed by atoms with Crippen LogP contribution in [0, 0.1) is 20.8 Å². The molecule has 8 heteroatoms. The van der Waals surface area contributed by atoms with Gasteiger partial charge in [0.2, 0.25) is 5.91 Å². The second-order valence-corrected chi connectivity index (χ2v) is 8.23. The predicted molar refractivity (Wildman–Crippen MR) is 121 cm³/mol. The highest BCUT2D eigenvalue weighted by molar-refractivity contribution is 9.10. The number of anilines is 1. The Labute approximate surface area is 188 Å². The van der Waals surface area contributed by atoms with Crippen LogP contribution in [-0.2, 0) is 25.5 Å². The quantitative estimate of drug-likeness (QED) is 0.492. The van der Waals surface area contributed by atoms with E-state index in [1.807, 2.05) is 45.0 Å². The van der Waals surface area contributed by atoms with Crippen molar-refractivity contribution in [1.82, 2.24) is 5.32 Å². The van der Waals surface area contributed by atoms with Crippen LogP contribution in [0.2, 0.25) is 0 Å². The number of rotatable bonds is 7. The van der Waals surface area contributed by atoms with Crippen LogP contribution in [0.3, 0.4) is 0 Å². The number of hydrogen-bond acceptors (Lipinski definition) is 5. The number of furan rings is 1. The molecule has 0 saturated carbocycles. The molecule has 2 aromatic carbocycles. The molecule has 0 spiro atoms. The molecule has 162 valence electrons. The summed E-state index contributed by atoms with van der Waals surface area (Å²) in [7, 11) is 0. The Balaban J connectivity index is 1.44. The second kappa shape index (κ2) is 9.78. The van der Waals surface area contributed by atoms with Crippen LogP contribution in [-0.4, -0.2) is 30.9 Å². The number of hydrogen-bond donors (Lipinski definition) is 2. The van der Waals surface area contributed by atoms with Crippen LogP contribution >= 0.6 is 15.9 Å². The smallest absolute Gasteiger partial charge is 0.310 e. The minimum Gasteiger partial charge on any atom is -0.464 e. The second-order valence-electron chi connectivity index (χ2n) is 7.32. The van der Waals surface area contributed by atoms with Gasteiger partial charge in [-0.15, -0.1) is 0 Å². The lowest BCUT2D eigenvalue weighted by Crippen LogP contribution is -2.35. The van der Waals surface area contributed by atoms with E-state index in [4.69, 9.17) is 9.15 Å². The van der Waals surface area contributed by atoms with Gasteiger partial charge >= 0.3 is 5.97 Å². The van der Waals surface area contributed by atoms with Gasteiger partial charge in [0.1, 0.15) is 5.58 Å². The minimum atomic E-state index is -0.556. The summed E-state index contributed by atoms with van der Waals surface area (Å²) in [6.07, 6.45) is 1.52. The molecule has 7 nitrogen and oxygen atoms in total. The van der Waals surface area contributed by atoms with E-state index >= 15 is 0 Å². The van der Waals surface area contributed by atoms with Gasteiger partial charge in [0.05, 0.1) is 19.2 Å². The third-order valence-electron chi connectivity index (χ3n) is 4.88. The zero-order valence-corrected chi connectivity index (χ0v) is 19.1. The average molecular weight is 487 g/mol. The third kappa shape index (κ3) is 5.95. The number of aryl methyl sites for hydroxylation is 3. The lowest BCUT2D eigenvalue weighted by Gasteiger charge is -2.10. The first-order chi connectivity index (χ1) is 14.7. The molecule has 1 heterocycles. The minimum absolute atomic E-state index is 0.00783. The van der Waals surface area contributed by atoms with E-state index in [-0.39, 0.29) is 18.9 Å². The molecule has 0 fully saturated rings. The highest BCUT2D eigenvalue weighted by atomic mass is 79.9. The van der Waals surface area contributed by atoms with E-state index in [1.165, 1.54) is 6.26 Å². The topological polar surface area (TPSA) is 97.6 Å². The number of carbonyl (C=O) groups excluding carboxylic acids is 3. The van der Waals surface area contributed by atoms with Gasteiger partial charge < -0.3 is 19.8 Å². The van der Waals surface area contributed by atoms with E-state index < -0.39 is 18.5 Å². The average Bonchev–Trinajstić information content (AvgIpc) is 3.08. The highest BCUT2D eigenvalue weighted by Crippen LogP contribution is 2.25. The van der Waals surface area contributed by atoms with Crippen molar-refractivity contribution in [3.63, 3.8) is 0 Å².